The lowest BCUT2D eigenvalue weighted by Gasteiger charge is -2.29. The molecule has 0 amide bonds. The normalized spacial score (nSPS) is 21.7. The van der Waals surface area contributed by atoms with Crippen molar-refractivity contribution in [1.29, 1.82) is 0 Å². The molecule has 2 heterocycles. The fourth-order valence-corrected chi connectivity index (χ4v) is 3.05. The predicted molar refractivity (Wildman–Crippen MR) is 78.4 cm³/mol. The number of hydrogen-bond donors (Lipinski definition) is 1. The van der Waals surface area contributed by atoms with Crippen molar-refractivity contribution in [1.82, 2.24) is 5.32 Å². The van der Waals surface area contributed by atoms with Crippen LogP contribution < -0.4 is 10.1 Å². The van der Waals surface area contributed by atoms with Crippen LogP contribution in [0.4, 0.5) is 0 Å². The summed E-state index contributed by atoms with van der Waals surface area (Å²) in [6.07, 6.45) is 1.03. The highest BCUT2D eigenvalue weighted by Gasteiger charge is 2.29. The number of hydrogen-bond acceptors (Lipinski definition) is 3. The zero-order valence-electron chi connectivity index (χ0n) is 12.0. The first-order valence-electron chi connectivity index (χ1n) is 7.22. The smallest absolute Gasteiger partial charge is 0.126 e. The summed E-state index contributed by atoms with van der Waals surface area (Å²) < 4.78 is 5.98. The van der Waals surface area contributed by atoms with Gasteiger partial charge in [0.2, 0.25) is 0 Å². The second kappa shape index (κ2) is 4.87. The zero-order valence-corrected chi connectivity index (χ0v) is 12.0. The van der Waals surface area contributed by atoms with Gasteiger partial charge in [-0.1, -0.05) is 31.5 Å². The molecule has 0 radical (unpaired) electrons. The van der Waals surface area contributed by atoms with E-state index in [0.717, 1.165) is 37.7 Å². The van der Waals surface area contributed by atoms with E-state index in [-0.39, 0.29) is 0 Å². The Hall–Kier alpha value is -1.51. The molecule has 3 heteroatoms. The van der Waals surface area contributed by atoms with Crippen LogP contribution in [0.25, 0.3) is 0 Å². The molecule has 0 aliphatic carbocycles. The average molecular weight is 258 g/mol. The third-order valence-corrected chi connectivity index (χ3v) is 3.97. The molecule has 19 heavy (non-hydrogen) atoms. The molecular weight excluding hydrogens is 236 g/mol. The lowest BCUT2D eigenvalue weighted by molar-refractivity contribution is 0.277. The number of aryl methyl sites for hydroxylation is 1. The van der Waals surface area contributed by atoms with Crippen molar-refractivity contribution >= 4 is 5.84 Å². The summed E-state index contributed by atoms with van der Waals surface area (Å²) in [4.78, 5) is 4.61. The van der Waals surface area contributed by atoms with Gasteiger partial charge >= 0.3 is 0 Å². The molecule has 3 nitrogen and oxygen atoms in total. The van der Waals surface area contributed by atoms with Gasteiger partial charge in [-0.15, -0.1) is 0 Å². The van der Waals surface area contributed by atoms with Crippen LogP contribution in [0.15, 0.2) is 17.1 Å². The Bertz CT molecular complexity index is 520. The molecule has 0 aromatic heterocycles. The largest absolute Gasteiger partial charge is 0.493 e. The van der Waals surface area contributed by atoms with Gasteiger partial charge in [-0.3, -0.25) is 4.99 Å². The minimum atomic E-state index is 0.392. The van der Waals surface area contributed by atoms with Crippen LogP contribution in [0.1, 0.15) is 48.8 Å². The number of nitrogens with zero attached hydrogens (tertiary/aromatic N) is 1. The van der Waals surface area contributed by atoms with Crippen molar-refractivity contribution in [3.63, 3.8) is 0 Å². The quantitative estimate of drug-likeness (QED) is 0.884. The molecule has 2 aliphatic rings. The van der Waals surface area contributed by atoms with Gasteiger partial charge in [0, 0.05) is 18.0 Å². The molecule has 102 valence electrons. The molecule has 3 rings (SSSR count). The first-order valence-corrected chi connectivity index (χ1v) is 7.22. The van der Waals surface area contributed by atoms with Crippen LogP contribution in [0.3, 0.4) is 0 Å². The number of benzene rings is 1. The number of nitrogens with one attached hydrogen (secondary N) is 1. The van der Waals surface area contributed by atoms with Crippen LogP contribution in [0.2, 0.25) is 0 Å². The molecule has 1 atom stereocenters. The van der Waals surface area contributed by atoms with Gasteiger partial charge in [-0.2, -0.15) is 0 Å². The van der Waals surface area contributed by atoms with Crippen molar-refractivity contribution in [2.45, 2.75) is 39.0 Å². The topological polar surface area (TPSA) is 33.6 Å². The van der Waals surface area contributed by atoms with E-state index >= 15 is 0 Å². The van der Waals surface area contributed by atoms with Crippen molar-refractivity contribution in [3.8, 4) is 5.75 Å². The Morgan fingerprint density at radius 2 is 2.21 bits per heavy atom. The molecule has 0 spiro atoms. The summed E-state index contributed by atoms with van der Waals surface area (Å²) >= 11 is 0. The van der Waals surface area contributed by atoms with E-state index in [9.17, 15) is 0 Å². The molecule has 0 bridgehead atoms. The Morgan fingerprint density at radius 3 is 2.89 bits per heavy atom. The molecule has 1 unspecified atom stereocenters. The molecule has 2 aliphatic heterocycles. The summed E-state index contributed by atoms with van der Waals surface area (Å²) in [5, 5.41) is 3.43. The van der Waals surface area contributed by atoms with Crippen LogP contribution in [-0.4, -0.2) is 25.5 Å². The fourth-order valence-electron chi connectivity index (χ4n) is 3.05. The van der Waals surface area contributed by atoms with Gasteiger partial charge < -0.3 is 10.1 Å². The van der Waals surface area contributed by atoms with Crippen molar-refractivity contribution in [2.75, 3.05) is 19.7 Å². The number of aliphatic imine (C=N–C) groups is 1. The Kier molecular flexibility index (Phi) is 3.21. The maximum atomic E-state index is 5.98. The lowest BCUT2D eigenvalue weighted by Crippen LogP contribution is -2.30. The van der Waals surface area contributed by atoms with Gasteiger partial charge in [-0.05, 0) is 24.8 Å². The highest BCUT2D eigenvalue weighted by molar-refractivity contribution is 5.91. The maximum absolute atomic E-state index is 5.98. The minimum absolute atomic E-state index is 0.392. The minimum Gasteiger partial charge on any atom is -0.493 e. The summed E-state index contributed by atoms with van der Waals surface area (Å²) in [6, 6.07) is 4.53. The summed E-state index contributed by atoms with van der Waals surface area (Å²) in [5.74, 6) is 3.15. The van der Waals surface area contributed by atoms with Crippen molar-refractivity contribution in [2.24, 2.45) is 4.99 Å². The van der Waals surface area contributed by atoms with Gasteiger partial charge in [-0.25, -0.2) is 0 Å². The van der Waals surface area contributed by atoms with E-state index in [1.165, 1.54) is 16.7 Å². The van der Waals surface area contributed by atoms with Crippen LogP contribution in [0.5, 0.6) is 5.75 Å². The maximum Gasteiger partial charge on any atom is 0.126 e. The number of ether oxygens (including phenoxy) is 1. The van der Waals surface area contributed by atoms with Crippen LogP contribution in [0, 0.1) is 6.92 Å². The van der Waals surface area contributed by atoms with Crippen LogP contribution in [-0.2, 0) is 0 Å². The van der Waals surface area contributed by atoms with Gasteiger partial charge in [0.1, 0.15) is 11.6 Å². The summed E-state index contributed by atoms with van der Waals surface area (Å²) in [6.45, 7) is 9.30. The van der Waals surface area contributed by atoms with E-state index in [4.69, 9.17) is 4.74 Å². The lowest BCUT2D eigenvalue weighted by atomic mass is 9.86. The highest BCUT2D eigenvalue weighted by atomic mass is 16.5. The number of fused-ring (bicyclic) bond motifs is 1. The van der Waals surface area contributed by atoms with Gasteiger partial charge in [0.15, 0.2) is 0 Å². The van der Waals surface area contributed by atoms with E-state index in [2.05, 4.69) is 43.2 Å². The van der Waals surface area contributed by atoms with E-state index < -0.39 is 0 Å². The first kappa shape index (κ1) is 12.5. The Labute approximate surface area is 115 Å². The predicted octanol–water partition coefficient (Wildman–Crippen LogP) is 2.99. The second-order valence-electron chi connectivity index (χ2n) is 5.81. The molecule has 0 saturated carbocycles. The Balaban J connectivity index is 2.08. The highest BCUT2D eigenvalue weighted by Crippen LogP contribution is 2.40. The summed E-state index contributed by atoms with van der Waals surface area (Å²) in [5.41, 5.74) is 3.97. The fraction of sp³-hybridized carbons (Fsp3) is 0.562. The average Bonchev–Trinajstić information content (AvgIpc) is 2.90. The molecule has 1 N–H and O–H groups in total. The summed E-state index contributed by atoms with van der Waals surface area (Å²) in [7, 11) is 0. The monoisotopic (exact) mass is 258 g/mol. The van der Waals surface area contributed by atoms with E-state index in [1.807, 2.05) is 0 Å². The number of rotatable bonds is 2. The number of amidine groups is 1. The molecule has 0 saturated heterocycles. The van der Waals surface area contributed by atoms with Gasteiger partial charge in [0.05, 0.1) is 13.2 Å². The molecule has 1 aromatic rings. The van der Waals surface area contributed by atoms with Crippen molar-refractivity contribution in [3.05, 3.63) is 28.8 Å². The second-order valence-corrected chi connectivity index (χ2v) is 5.81. The van der Waals surface area contributed by atoms with E-state index in [0.29, 0.717) is 11.8 Å². The SMILES string of the molecule is Cc1cc(C(C)C)c2c(c1)C(C1=NCCN1)CCO2. The molecular formula is C16H22N2O. The van der Waals surface area contributed by atoms with Crippen molar-refractivity contribution < 1.29 is 4.74 Å². The zero-order chi connectivity index (χ0) is 13.4. The Morgan fingerprint density at radius 1 is 1.37 bits per heavy atom. The van der Waals surface area contributed by atoms with Crippen LogP contribution >= 0.6 is 0 Å². The van der Waals surface area contributed by atoms with Gasteiger partial charge in [0.25, 0.3) is 0 Å². The third-order valence-electron chi connectivity index (χ3n) is 3.97. The van der Waals surface area contributed by atoms with E-state index in [1.54, 1.807) is 0 Å². The standard InChI is InChI=1S/C16H22N2O/c1-10(2)13-8-11(3)9-14-12(4-7-19-15(13)14)16-17-5-6-18-16/h8-10,12H,4-7H2,1-3H3,(H,17,18). The molecule has 0 fully saturated rings. The third kappa shape index (κ3) is 2.22. The molecule has 1 aromatic carbocycles. The first-order chi connectivity index (χ1) is 9.16.